The second-order valence-electron chi connectivity index (χ2n) is 4.12. The summed E-state index contributed by atoms with van der Waals surface area (Å²) in [6, 6.07) is 3.17. The number of ether oxygens (including phenoxy) is 2. The molecule has 0 aliphatic rings. The number of benzene rings is 1. The van der Waals surface area contributed by atoms with Crippen LogP contribution < -0.4 is 9.47 Å². The van der Waals surface area contributed by atoms with E-state index in [1.54, 1.807) is 6.07 Å². The first kappa shape index (κ1) is 15.4. The topological polar surface area (TPSA) is 68.1 Å². The molecule has 0 fully saturated rings. The summed E-state index contributed by atoms with van der Waals surface area (Å²) in [4.78, 5) is 10.9. The molecular weight excluding hydrogens is 246 g/mol. The second kappa shape index (κ2) is 7.74. The summed E-state index contributed by atoms with van der Waals surface area (Å²) in [7, 11) is 0. The number of nitroso groups, excluding NO2 is 1. The molecule has 5 heteroatoms. The maximum Gasteiger partial charge on any atom is 0.163 e. The smallest absolute Gasteiger partial charge is 0.163 e. The van der Waals surface area contributed by atoms with Gasteiger partial charge in [0.05, 0.1) is 19.3 Å². The van der Waals surface area contributed by atoms with E-state index in [1.807, 2.05) is 20.8 Å². The predicted molar refractivity (Wildman–Crippen MR) is 74.1 cm³/mol. The minimum Gasteiger partial charge on any atom is -0.490 e. The first-order chi connectivity index (χ1) is 9.17. The van der Waals surface area contributed by atoms with Gasteiger partial charge in [0.1, 0.15) is 5.69 Å². The maximum absolute atomic E-state index is 10.9. The van der Waals surface area contributed by atoms with E-state index < -0.39 is 6.10 Å². The second-order valence-corrected chi connectivity index (χ2v) is 4.12. The molecule has 0 amide bonds. The number of hydrogen-bond donors (Lipinski definition) is 1. The normalized spacial score (nSPS) is 12.0. The fraction of sp³-hybridized carbons (Fsp3) is 0.571. The van der Waals surface area contributed by atoms with Crippen LogP contribution in [0, 0.1) is 4.91 Å². The van der Waals surface area contributed by atoms with Gasteiger partial charge in [-0.15, -0.1) is 4.91 Å². The summed E-state index contributed by atoms with van der Waals surface area (Å²) < 4.78 is 10.9. The van der Waals surface area contributed by atoms with E-state index in [4.69, 9.17) is 9.47 Å². The summed E-state index contributed by atoms with van der Waals surface area (Å²) in [5, 5.41) is 13.0. The zero-order valence-corrected chi connectivity index (χ0v) is 11.7. The molecule has 0 bridgehead atoms. The Morgan fingerprint density at radius 3 is 2.21 bits per heavy atom. The Bertz CT molecular complexity index is 420. The number of aliphatic hydroxyl groups is 1. The molecule has 1 rings (SSSR count). The Morgan fingerprint density at radius 1 is 1.16 bits per heavy atom. The zero-order chi connectivity index (χ0) is 14.3. The largest absolute Gasteiger partial charge is 0.490 e. The summed E-state index contributed by atoms with van der Waals surface area (Å²) in [6.07, 6.45) is 0.672. The molecule has 0 aromatic heterocycles. The molecular formula is C14H21NO4. The van der Waals surface area contributed by atoms with Crippen molar-refractivity contribution in [3.8, 4) is 11.5 Å². The number of rotatable bonds is 8. The Kier molecular flexibility index (Phi) is 6.29. The lowest BCUT2D eigenvalue weighted by molar-refractivity contribution is 0.166. The van der Waals surface area contributed by atoms with Gasteiger partial charge in [-0.2, -0.15) is 0 Å². The van der Waals surface area contributed by atoms with E-state index in [9.17, 15) is 10.0 Å². The van der Waals surface area contributed by atoms with Crippen molar-refractivity contribution in [2.24, 2.45) is 5.18 Å². The van der Waals surface area contributed by atoms with Gasteiger partial charge in [-0.25, -0.2) is 0 Å². The van der Waals surface area contributed by atoms with E-state index in [0.717, 1.165) is 6.42 Å². The van der Waals surface area contributed by atoms with Crippen molar-refractivity contribution >= 4 is 5.69 Å². The molecule has 0 heterocycles. The van der Waals surface area contributed by atoms with Gasteiger partial charge in [-0.1, -0.05) is 13.3 Å². The third-order valence-corrected chi connectivity index (χ3v) is 2.71. The van der Waals surface area contributed by atoms with Crippen LogP contribution in [-0.4, -0.2) is 18.3 Å². The molecule has 0 radical (unpaired) electrons. The van der Waals surface area contributed by atoms with Crippen LogP contribution in [-0.2, 0) is 0 Å². The molecule has 1 aromatic rings. The lowest BCUT2D eigenvalue weighted by Crippen LogP contribution is -2.02. The molecule has 0 saturated heterocycles. The van der Waals surface area contributed by atoms with E-state index in [1.165, 1.54) is 6.07 Å². The lowest BCUT2D eigenvalue weighted by atomic mass is 10.0. The molecule has 1 unspecified atom stereocenters. The average Bonchev–Trinajstić information content (AvgIpc) is 2.41. The monoisotopic (exact) mass is 267 g/mol. The summed E-state index contributed by atoms with van der Waals surface area (Å²) >= 11 is 0. The van der Waals surface area contributed by atoms with Crippen molar-refractivity contribution < 1.29 is 14.6 Å². The summed E-state index contributed by atoms with van der Waals surface area (Å²) in [5.41, 5.74) is 0.691. The van der Waals surface area contributed by atoms with Crippen LogP contribution in [0.15, 0.2) is 17.3 Å². The first-order valence-corrected chi connectivity index (χ1v) is 6.62. The minimum absolute atomic E-state index is 0.202. The molecule has 1 atom stereocenters. The van der Waals surface area contributed by atoms with Crippen LogP contribution in [0.3, 0.4) is 0 Å². The quantitative estimate of drug-likeness (QED) is 0.729. The van der Waals surface area contributed by atoms with Gasteiger partial charge in [0.15, 0.2) is 11.5 Å². The molecule has 0 aliphatic heterocycles. The standard InChI is InChI=1S/C14H21NO4/c1-4-7-12(16)10-8-13(18-5-2)14(19-6-3)9-11(10)15-17/h8-9,12,16H,4-7H2,1-3H3. The molecule has 106 valence electrons. The van der Waals surface area contributed by atoms with Gasteiger partial charge in [-0.05, 0) is 31.5 Å². The molecule has 0 aliphatic carbocycles. The van der Waals surface area contributed by atoms with Crippen molar-refractivity contribution in [3.63, 3.8) is 0 Å². The Morgan fingerprint density at radius 2 is 1.74 bits per heavy atom. The van der Waals surface area contributed by atoms with E-state index in [0.29, 0.717) is 36.7 Å². The first-order valence-electron chi connectivity index (χ1n) is 6.62. The summed E-state index contributed by atoms with van der Waals surface area (Å²) in [6.45, 7) is 6.63. The van der Waals surface area contributed by atoms with Crippen LogP contribution in [0.2, 0.25) is 0 Å². The Labute approximate surface area is 113 Å². The number of nitrogens with zero attached hydrogens (tertiary/aromatic N) is 1. The molecule has 5 nitrogen and oxygen atoms in total. The van der Waals surface area contributed by atoms with E-state index >= 15 is 0 Å². The van der Waals surface area contributed by atoms with Crippen molar-refractivity contribution in [2.75, 3.05) is 13.2 Å². The third kappa shape index (κ3) is 3.92. The van der Waals surface area contributed by atoms with Gasteiger partial charge in [0.25, 0.3) is 0 Å². The highest BCUT2D eigenvalue weighted by Gasteiger charge is 2.18. The fourth-order valence-electron chi connectivity index (χ4n) is 1.88. The highest BCUT2D eigenvalue weighted by molar-refractivity contribution is 5.58. The van der Waals surface area contributed by atoms with Crippen molar-refractivity contribution in [1.82, 2.24) is 0 Å². The number of aliphatic hydroxyl groups excluding tert-OH is 1. The van der Waals surface area contributed by atoms with Crippen molar-refractivity contribution in [3.05, 3.63) is 22.6 Å². The van der Waals surface area contributed by atoms with Gasteiger partial charge in [-0.3, -0.25) is 0 Å². The summed E-state index contributed by atoms with van der Waals surface area (Å²) in [5.74, 6) is 1.01. The van der Waals surface area contributed by atoms with Crippen LogP contribution in [0.25, 0.3) is 0 Å². The Balaban J connectivity index is 3.21. The van der Waals surface area contributed by atoms with Gasteiger partial charge in [0, 0.05) is 11.6 Å². The third-order valence-electron chi connectivity index (χ3n) is 2.71. The molecule has 1 N–H and O–H groups in total. The number of hydrogen-bond acceptors (Lipinski definition) is 5. The molecule has 1 aromatic carbocycles. The van der Waals surface area contributed by atoms with Crippen molar-refractivity contribution in [2.45, 2.75) is 39.7 Å². The lowest BCUT2D eigenvalue weighted by Gasteiger charge is -2.16. The van der Waals surface area contributed by atoms with E-state index in [2.05, 4.69) is 5.18 Å². The van der Waals surface area contributed by atoms with Crippen LogP contribution >= 0.6 is 0 Å². The Hall–Kier alpha value is -1.62. The SMILES string of the molecule is CCCC(O)c1cc(OCC)c(OCC)cc1N=O. The average molecular weight is 267 g/mol. The molecule has 0 spiro atoms. The fourth-order valence-corrected chi connectivity index (χ4v) is 1.88. The van der Waals surface area contributed by atoms with Gasteiger partial charge >= 0.3 is 0 Å². The van der Waals surface area contributed by atoms with Crippen LogP contribution in [0.5, 0.6) is 11.5 Å². The minimum atomic E-state index is -0.715. The predicted octanol–water partition coefficient (Wildman–Crippen LogP) is 3.72. The highest BCUT2D eigenvalue weighted by atomic mass is 16.5. The van der Waals surface area contributed by atoms with Crippen LogP contribution in [0.1, 0.15) is 45.3 Å². The maximum atomic E-state index is 10.9. The van der Waals surface area contributed by atoms with Crippen molar-refractivity contribution in [1.29, 1.82) is 0 Å². The van der Waals surface area contributed by atoms with E-state index in [-0.39, 0.29) is 5.69 Å². The van der Waals surface area contributed by atoms with Gasteiger partial charge in [0.2, 0.25) is 0 Å². The molecule has 19 heavy (non-hydrogen) atoms. The molecule has 0 saturated carbocycles. The highest BCUT2D eigenvalue weighted by Crippen LogP contribution is 2.39. The zero-order valence-electron chi connectivity index (χ0n) is 11.7. The van der Waals surface area contributed by atoms with Crippen LogP contribution in [0.4, 0.5) is 5.69 Å². The van der Waals surface area contributed by atoms with Gasteiger partial charge < -0.3 is 14.6 Å².